The summed E-state index contributed by atoms with van der Waals surface area (Å²) < 4.78 is 5.59. The SMILES string of the molecule is NC(=O)c1ccccc1COCC(O)CNC1CCN(Cc2ccc(Cl)c(Cl)c2)CC1. The van der Waals surface area contributed by atoms with E-state index in [9.17, 15) is 9.90 Å². The van der Waals surface area contributed by atoms with E-state index in [1.54, 1.807) is 18.2 Å². The molecular formula is C23H29Cl2N3O3. The van der Waals surface area contributed by atoms with E-state index in [1.807, 2.05) is 24.3 Å². The molecule has 1 amide bonds. The van der Waals surface area contributed by atoms with Crippen LogP contribution in [0, 0.1) is 0 Å². The monoisotopic (exact) mass is 465 g/mol. The number of nitrogens with two attached hydrogens (primary N) is 1. The predicted octanol–water partition coefficient (Wildman–Crippen LogP) is 3.22. The first-order valence-corrected chi connectivity index (χ1v) is 11.2. The van der Waals surface area contributed by atoms with E-state index in [1.165, 1.54) is 0 Å². The Kier molecular flexibility index (Phi) is 9.14. The van der Waals surface area contributed by atoms with Crippen molar-refractivity contribution in [3.05, 3.63) is 69.2 Å². The van der Waals surface area contributed by atoms with Crippen LogP contribution >= 0.6 is 23.2 Å². The number of nitrogens with zero attached hydrogens (tertiary/aromatic N) is 1. The third kappa shape index (κ3) is 7.45. The van der Waals surface area contributed by atoms with Crippen LogP contribution < -0.4 is 11.1 Å². The molecule has 0 spiro atoms. The zero-order valence-electron chi connectivity index (χ0n) is 17.4. The van der Waals surface area contributed by atoms with Crippen molar-refractivity contribution in [2.24, 2.45) is 5.73 Å². The van der Waals surface area contributed by atoms with Gasteiger partial charge >= 0.3 is 0 Å². The fourth-order valence-corrected chi connectivity index (χ4v) is 4.07. The Hall–Kier alpha value is -1.67. The summed E-state index contributed by atoms with van der Waals surface area (Å²) in [6.07, 6.45) is 1.41. The van der Waals surface area contributed by atoms with Gasteiger partial charge in [-0.05, 0) is 55.3 Å². The van der Waals surface area contributed by atoms with Gasteiger partial charge in [0, 0.05) is 24.7 Å². The first-order valence-electron chi connectivity index (χ1n) is 10.5. The van der Waals surface area contributed by atoms with Gasteiger partial charge in [0.15, 0.2) is 0 Å². The molecule has 1 aliphatic rings. The largest absolute Gasteiger partial charge is 0.389 e. The van der Waals surface area contributed by atoms with Crippen molar-refractivity contribution in [3.8, 4) is 0 Å². The van der Waals surface area contributed by atoms with Gasteiger partial charge in [-0.25, -0.2) is 0 Å². The lowest BCUT2D eigenvalue weighted by Crippen LogP contribution is -2.45. The fraction of sp³-hybridized carbons (Fsp3) is 0.435. The second-order valence-corrected chi connectivity index (χ2v) is 8.71. The highest BCUT2D eigenvalue weighted by Crippen LogP contribution is 2.24. The third-order valence-corrected chi connectivity index (χ3v) is 6.21. The van der Waals surface area contributed by atoms with Crippen LogP contribution in [0.1, 0.15) is 34.3 Å². The number of halogens is 2. The van der Waals surface area contributed by atoms with Gasteiger partial charge in [-0.3, -0.25) is 9.69 Å². The number of nitrogens with one attached hydrogen (secondary N) is 1. The number of rotatable bonds is 10. The van der Waals surface area contributed by atoms with Crippen LogP contribution in [0.3, 0.4) is 0 Å². The van der Waals surface area contributed by atoms with Crippen molar-refractivity contribution in [1.82, 2.24) is 10.2 Å². The van der Waals surface area contributed by atoms with Gasteiger partial charge in [-0.2, -0.15) is 0 Å². The number of hydrogen-bond donors (Lipinski definition) is 3. The molecule has 1 saturated heterocycles. The number of ether oxygens (including phenoxy) is 1. The van der Waals surface area contributed by atoms with Gasteiger partial charge in [-0.1, -0.05) is 47.5 Å². The predicted molar refractivity (Wildman–Crippen MR) is 123 cm³/mol. The van der Waals surface area contributed by atoms with Gasteiger partial charge < -0.3 is 20.9 Å². The highest BCUT2D eigenvalue weighted by atomic mass is 35.5. The lowest BCUT2D eigenvalue weighted by molar-refractivity contribution is 0.0260. The average Bonchev–Trinajstić information content (AvgIpc) is 2.76. The van der Waals surface area contributed by atoms with E-state index >= 15 is 0 Å². The molecule has 1 aliphatic heterocycles. The summed E-state index contributed by atoms with van der Waals surface area (Å²) in [6.45, 7) is 3.71. The van der Waals surface area contributed by atoms with Crippen molar-refractivity contribution >= 4 is 29.1 Å². The minimum Gasteiger partial charge on any atom is -0.389 e. The molecule has 0 saturated carbocycles. The lowest BCUT2D eigenvalue weighted by Gasteiger charge is -2.33. The smallest absolute Gasteiger partial charge is 0.249 e. The minimum atomic E-state index is -0.616. The number of amides is 1. The number of carbonyl (C=O) groups excluding carboxylic acids is 1. The van der Waals surface area contributed by atoms with E-state index in [2.05, 4.69) is 10.2 Å². The van der Waals surface area contributed by atoms with E-state index < -0.39 is 12.0 Å². The van der Waals surface area contributed by atoms with Crippen molar-refractivity contribution in [2.75, 3.05) is 26.2 Å². The number of likely N-dealkylation sites (tertiary alicyclic amines) is 1. The van der Waals surface area contributed by atoms with Gasteiger partial charge in [-0.15, -0.1) is 0 Å². The summed E-state index contributed by atoms with van der Waals surface area (Å²) in [5.41, 5.74) is 7.71. The molecule has 1 unspecified atom stereocenters. The van der Waals surface area contributed by atoms with E-state index in [-0.39, 0.29) is 13.2 Å². The molecule has 168 valence electrons. The molecule has 0 aliphatic carbocycles. The molecule has 3 rings (SSSR count). The molecule has 1 heterocycles. The van der Waals surface area contributed by atoms with E-state index in [0.29, 0.717) is 28.2 Å². The molecule has 0 radical (unpaired) electrons. The summed E-state index contributed by atoms with van der Waals surface area (Å²) in [6, 6.07) is 13.2. The fourth-order valence-electron chi connectivity index (χ4n) is 3.74. The Morgan fingerprint density at radius 2 is 1.94 bits per heavy atom. The summed E-state index contributed by atoms with van der Waals surface area (Å²) in [5, 5.41) is 14.8. The number of hydrogen-bond acceptors (Lipinski definition) is 5. The molecule has 6 nitrogen and oxygen atoms in total. The number of aliphatic hydroxyl groups excluding tert-OH is 1. The standard InChI is InChI=1S/C23H29Cl2N3O3/c24-21-6-5-16(11-22(21)25)13-28-9-7-18(8-10-28)27-12-19(29)15-31-14-17-3-1-2-4-20(17)23(26)30/h1-6,11,18-19,27,29H,7-10,12-15H2,(H2,26,30). The minimum absolute atomic E-state index is 0.191. The van der Waals surface area contributed by atoms with Gasteiger partial charge in [0.2, 0.25) is 5.91 Å². The Balaban J connectivity index is 1.33. The van der Waals surface area contributed by atoms with Crippen LogP contribution in [0.25, 0.3) is 0 Å². The maximum atomic E-state index is 11.4. The van der Waals surface area contributed by atoms with Crippen molar-refractivity contribution in [3.63, 3.8) is 0 Å². The van der Waals surface area contributed by atoms with Crippen LogP contribution in [0.5, 0.6) is 0 Å². The molecule has 2 aromatic rings. The average molecular weight is 466 g/mol. The second kappa shape index (κ2) is 11.8. The number of piperidine rings is 1. The van der Waals surface area contributed by atoms with Crippen molar-refractivity contribution in [1.29, 1.82) is 0 Å². The Bertz CT molecular complexity index is 873. The van der Waals surface area contributed by atoms with Crippen molar-refractivity contribution < 1.29 is 14.6 Å². The van der Waals surface area contributed by atoms with Crippen LogP contribution in [-0.2, 0) is 17.9 Å². The number of carbonyl (C=O) groups is 1. The summed E-state index contributed by atoms with van der Waals surface area (Å²) >= 11 is 12.1. The van der Waals surface area contributed by atoms with Gasteiger partial charge in [0.1, 0.15) is 0 Å². The molecule has 0 bridgehead atoms. The Morgan fingerprint density at radius 1 is 1.19 bits per heavy atom. The lowest BCUT2D eigenvalue weighted by atomic mass is 10.0. The van der Waals surface area contributed by atoms with Crippen LogP contribution in [-0.4, -0.2) is 54.3 Å². The second-order valence-electron chi connectivity index (χ2n) is 7.90. The zero-order valence-corrected chi connectivity index (χ0v) is 18.9. The summed E-state index contributed by atoms with van der Waals surface area (Å²) in [4.78, 5) is 13.8. The number of primary amides is 1. The maximum absolute atomic E-state index is 11.4. The summed E-state index contributed by atoms with van der Waals surface area (Å²) in [7, 11) is 0. The highest BCUT2D eigenvalue weighted by molar-refractivity contribution is 6.42. The molecular weight excluding hydrogens is 437 g/mol. The Labute approximate surface area is 193 Å². The first-order chi connectivity index (χ1) is 14.9. The van der Waals surface area contributed by atoms with E-state index in [0.717, 1.165) is 43.6 Å². The molecule has 8 heteroatoms. The van der Waals surface area contributed by atoms with Crippen molar-refractivity contribution in [2.45, 2.75) is 38.1 Å². The van der Waals surface area contributed by atoms with E-state index in [4.69, 9.17) is 33.7 Å². The maximum Gasteiger partial charge on any atom is 0.249 e. The van der Waals surface area contributed by atoms with Gasteiger partial charge in [0.05, 0.1) is 29.4 Å². The zero-order chi connectivity index (χ0) is 22.2. The molecule has 1 fully saturated rings. The molecule has 4 N–H and O–H groups in total. The normalized spacial score (nSPS) is 16.4. The molecule has 0 aromatic heterocycles. The quantitative estimate of drug-likeness (QED) is 0.501. The third-order valence-electron chi connectivity index (χ3n) is 5.47. The molecule has 2 aromatic carbocycles. The molecule has 31 heavy (non-hydrogen) atoms. The first kappa shape index (κ1) is 24.0. The highest BCUT2D eigenvalue weighted by Gasteiger charge is 2.20. The van der Waals surface area contributed by atoms with Crippen LogP contribution in [0.15, 0.2) is 42.5 Å². The summed E-state index contributed by atoms with van der Waals surface area (Å²) in [5.74, 6) is -0.480. The Morgan fingerprint density at radius 3 is 2.65 bits per heavy atom. The van der Waals surface area contributed by atoms with Gasteiger partial charge in [0.25, 0.3) is 0 Å². The number of benzene rings is 2. The topological polar surface area (TPSA) is 87.8 Å². The number of aliphatic hydroxyl groups is 1. The molecule has 1 atom stereocenters. The van der Waals surface area contributed by atoms with Crippen LogP contribution in [0.4, 0.5) is 0 Å². The van der Waals surface area contributed by atoms with Crippen LogP contribution in [0.2, 0.25) is 10.0 Å².